The zero-order valence-corrected chi connectivity index (χ0v) is 11.3. The molecule has 1 heterocycles. The molecular weight excluding hydrogens is 250 g/mol. The molecule has 0 spiro atoms. The number of hydrogen-bond acceptors (Lipinski definition) is 2. The lowest BCUT2D eigenvalue weighted by Crippen LogP contribution is -2.47. The number of fused-ring (bicyclic) bond motifs is 5. The Labute approximate surface area is 113 Å². The van der Waals surface area contributed by atoms with Crippen LogP contribution in [0.4, 0.5) is 0 Å². The highest BCUT2D eigenvalue weighted by atomic mass is 35.5. The van der Waals surface area contributed by atoms with Crippen LogP contribution in [0.3, 0.4) is 0 Å². The number of halogens is 1. The Hall–Kier alpha value is -0.280. The van der Waals surface area contributed by atoms with Crippen molar-refractivity contribution in [3.63, 3.8) is 0 Å². The molecule has 18 heavy (non-hydrogen) atoms. The summed E-state index contributed by atoms with van der Waals surface area (Å²) >= 11 is 5.83. The second-order valence-electron chi connectivity index (χ2n) is 6.45. The van der Waals surface area contributed by atoms with Gasteiger partial charge in [-0.05, 0) is 42.9 Å². The molecule has 1 aliphatic heterocycles. The summed E-state index contributed by atoms with van der Waals surface area (Å²) in [5.74, 6) is 4.50. The number of amides is 1. The van der Waals surface area contributed by atoms with Gasteiger partial charge in [0.15, 0.2) is 0 Å². The molecule has 3 aliphatic carbocycles. The fraction of sp³-hybridized carbons (Fsp3) is 0.929. The van der Waals surface area contributed by atoms with Gasteiger partial charge in [-0.2, -0.15) is 0 Å². The number of ether oxygens (including phenoxy) is 1. The van der Waals surface area contributed by atoms with E-state index in [-0.39, 0.29) is 6.10 Å². The van der Waals surface area contributed by atoms with E-state index in [1.54, 1.807) is 0 Å². The maximum absolute atomic E-state index is 12.6. The van der Waals surface area contributed by atoms with E-state index < -0.39 is 0 Å². The minimum atomic E-state index is 0.0414. The van der Waals surface area contributed by atoms with Crippen LogP contribution in [0.1, 0.15) is 19.3 Å². The van der Waals surface area contributed by atoms with Gasteiger partial charge in [-0.15, -0.1) is 11.6 Å². The molecule has 1 saturated heterocycles. The third-order valence-corrected chi connectivity index (χ3v) is 5.99. The van der Waals surface area contributed by atoms with Crippen molar-refractivity contribution in [3.8, 4) is 0 Å². The van der Waals surface area contributed by atoms with Crippen molar-refractivity contribution < 1.29 is 9.53 Å². The fourth-order valence-corrected chi connectivity index (χ4v) is 5.07. The molecule has 3 nitrogen and oxygen atoms in total. The predicted molar refractivity (Wildman–Crippen MR) is 68.3 cm³/mol. The van der Waals surface area contributed by atoms with E-state index in [9.17, 15) is 4.79 Å². The van der Waals surface area contributed by atoms with E-state index in [1.807, 2.05) is 4.90 Å². The SMILES string of the molecule is O=C(C1C2C3CCC(C3)C12)N1CCOC(CCl)C1. The van der Waals surface area contributed by atoms with Crippen LogP contribution >= 0.6 is 11.6 Å². The third kappa shape index (κ3) is 1.56. The summed E-state index contributed by atoms with van der Waals surface area (Å²) in [6.07, 6.45) is 4.21. The Balaban J connectivity index is 1.42. The van der Waals surface area contributed by atoms with Crippen LogP contribution in [0.15, 0.2) is 0 Å². The average molecular weight is 270 g/mol. The molecule has 0 radical (unpaired) electrons. The number of rotatable bonds is 2. The van der Waals surface area contributed by atoms with Gasteiger partial charge >= 0.3 is 0 Å². The quantitative estimate of drug-likeness (QED) is 0.715. The Bertz CT molecular complexity index is 359. The number of nitrogens with zero attached hydrogens (tertiary/aromatic N) is 1. The third-order valence-electron chi connectivity index (χ3n) is 5.64. The maximum Gasteiger partial charge on any atom is 0.226 e. The van der Waals surface area contributed by atoms with Crippen molar-refractivity contribution in [3.05, 3.63) is 0 Å². The molecule has 0 aromatic carbocycles. The minimum absolute atomic E-state index is 0.0414. The maximum atomic E-state index is 12.6. The summed E-state index contributed by atoms with van der Waals surface area (Å²) in [7, 11) is 0. The van der Waals surface area contributed by atoms with E-state index in [2.05, 4.69) is 0 Å². The van der Waals surface area contributed by atoms with Crippen molar-refractivity contribution in [2.24, 2.45) is 29.6 Å². The van der Waals surface area contributed by atoms with Gasteiger partial charge in [-0.3, -0.25) is 4.79 Å². The van der Waals surface area contributed by atoms with Crippen molar-refractivity contribution in [2.45, 2.75) is 25.4 Å². The average Bonchev–Trinajstić information content (AvgIpc) is 2.85. The second kappa shape index (κ2) is 4.11. The van der Waals surface area contributed by atoms with Gasteiger partial charge in [-0.25, -0.2) is 0 Å². The number of hydrogen-bond donors (Lipinski definition) is 0. The predicted octanol–water partition coefficient (Wildman–Crippen LogP) is 1.74. The first kappa shape index (κ1) is 11.5. The highest BCUT2D eigenvalue weighted by Crippen LogP contribution is 2.69. The standard InChI is InChI=1S/C14H20ClNO2/c15-6-10-7-16(3-4-18-10)14(17)13-11-8-1-2-9(5-8)12(11)13/h8-13H,1-7H2. The van der Waals surface area contributed by atoms with E-state index in [0.717, 1.165) is 30.2 Å². The van der Waals surface area contributed by atoms with Crippen molar-refractivity contribution in [2.75, 3.05) is 25.6 Å². The van der Waals surface area contributed by atoms with Crippen LogP contribution in [0, 0.1) is 29.6 Å². The number of alkyl halides is 1. The minimum Gasteiger partial charge on any atom is -0.373 e. The molecule has 100 valence electrons. The van der Waals surface area contributed by atoms with Gasteiger partial charge in [0.05, 0.1) is 18.6 Å². The summed E-state index contributed by atoms with van der Waals surface area (Å²) < 4.78 is 5.53. The van der Waals surface area contributed by atoms with Crippen molar-refractivity contribution in [1.29, 1.82) is 0 Å². The van der Waals surface area contributed by atoms with Gasteiger partial charge < -0.3 is 9.64 Å². The van der Waals surface area contributed by atoms with E-state index in [0.29, 0.717) is 30.9 Å². The second-order valence-corrected chi connectivity index (χ2v) is 6.75. The Morgan fingerprint density at radius 1 is 1.28 bits per heavy atom. The first-order valence-electron chi connectivity index (χ1n) is 7.26. The molecule has 4 aliphatic rings. The van der Waals surface area contributed by atoms with E-state index in [1.165, 1.54) is 19.3 Å². The van der Waals surface area contributed by atoms with E-state index >= 15 is 0 Å². The summed E-state index contributed by atoms with van der Waals surface area (Å²) in [6, 6.07) is 0. The fourth-order valence-electron chi connectivity index (χ4n) is 4.88. The summed E-state index contributed by atoms with van der Waals surface area (Å²) in [5.41, 5.74) is 0. The molecule has 4 fully saturated rings. The molecule has 1 amide bonds. The molecule has 0 aromatic heterocycles. The summed E-state index contributed by atoms with van der Waals surface area (Å²) in [5, 5.41) is 0. The highest BCUT2D eigenvalue weighted by molar-refractivity contribution is 6.18. The Kier molecular flexibility index (Phi) is 2.63. The topological polar surface area (TPSA) is 29.5 Å². The number of carbonyl (C=O) groups excluding carboxylic acids is 1. The van der Waals surface area contributed by atoms with Gasteiger partial charge in [0.2, 0.25) is 5.91 Å². The van der Waals surface area contributed by atoms with Crippen molar-refractivity contribution in [1.82, 2.24) is 4.90 Å². The van der Waals surface area contributed by atoms with Gasteiger partial charge in [0.1, 0.15) is 0 Å². The van der Waals surface area contributed by atoms with Gasteiger partial charge in [-0.1, -0.05) is 0 Å². The Morgan fingerprint density at radius 3 is 2.67 bits per heavy atom. The zero-order valence-electron chi connectivity index (χ0n) is 10.6. The van der Waals surface area contributed by atoms with Crippen LogP contribution < -0.4 is 0 Å². The lowest BCUT2D eigenvalue weighted by atomic mass is 10.0. The molecule has 3 saturated carbocycles. The molecule has 0 N–H and O–H groups in total. The first-order chi connectivity index (χ1) is 8.79. The lowest BCUT2D eigenvalue weighted by Gasteiger charge is -2.32. The zero-order chi connectivity index (χ0) is 12.3. The monoisotopic (exact) mass is 269 g/mol. The normalized spacial score (nSPS) is 49.3. The van der Waals surface area contributed by atoms with Gasteiger partial charge in [0.25, 0.3) is 0 Å². The highest BCUT2D eigenvalue weighted by Gasteiger charge is 2.68. The summed E-state index contributed by atoms with van der Waals surface area (Å²) in [4.78, 5) is 14.6. The van der Waals surface area contributed by atoms with Crippen LogP contribution in [-0.4, -0.2) is 42.5 Å². The molecule has 5 atom stereocenters. The van der Waals surface area contributed by atoms with Crippen LogP contribution in [0.5, 0.6) is 0 Å². The van der Waals surface area contributed by atoms with Crippen molar-refractivity contribution >= 4 is 17.5 Å². The number of morpholine rings is 1. The van der Waals surface area contributed by atoms with Crippen LogP contribution in [-0.2, 0) is 9.53 Å². The Morgan fingerprint density at radius 2 is 2.00 bits per heavy atom. The molecule has 4 heteroatoms. The molecular formula is C14H20ClNO2. The first-order valence-corrected chi connectivity index (χ1v) is 7.79. The smallest absolute Gasteiger partial charge is 0.226 e. The van der Waals surface area contributed by atoms with Crippen LogP contribution in [0.2, 0.25) is 0 Å². The molecule has 5 unspecified atom stereocenters. The molecule has 4 rings (SSSR count). The lowest BCUT2D eigenvalue weighted by molar-refractivity contribution is -0.140. The van der Waals surface area contributed by atoms with Gasteiger partial charge in [0, 0.05) is 19.0 Å². The molecule has 2 bridgehead atoms. The molecule has 0 aromatic rings. The van der Waals surface area contributed by atoms with Crippen LogP contribution in [0.25, 0.3) is 0 Å². The largest absolute Gasteiger partial charge is 0.373 e. The number of carbonyl (C=O) groups is 1. The summed E-state index contributed by atoms with van der Waals surface area (Å²) in [6.45, 7) is 2.11. The van der Waals surface area contributed by atoms with E-state index in [4.69, 9.17) is 16.3 Å².